The number of rotatable bonds is 6. The molecule has 0 amide bonds. The molecule has 6 nitrogen and oxygen atoms in total. The Morgan fingerprint density at radius 2 is 1.97 bits per heavy atom. The van der Waals surface area contributed by atoms with E-state index in [-0.39, 0.29) is 11.2 Å². The van der Waals surface area contributed by atoms with Crippen molar-refractivity contribution in [3.05, 3.63) is 47.3 Å². The van der Waals surface area contributed by atoms with Crippen molar-refractivity contribution in [2.45, 2.75) is 69.9 Å². The molecule has 29 heavy (non-hydrogen) atoms. The minimum absolute atomic E-state index is 0.111. The zero-order chi connectivity index (χ0) is 20.3. The van der Waals surface area contributed by atoms with Gasteiger partial charge in [-0.3, -0.25) is 0 Å². The van der Waals surface area contributed by atoms with Crippen LogP contribution in [0.3, 0.4) is 0 Å². The Labute approximate surface area is 172 Å². The van der Waals surface area contributed by atoms with E-state index in [9.17, 15) is 4.39 Å². The fraction of sp³-hybridized carbons (Fsp3) is 0.591. The Hall–Kier alpha value is -2.44. The van der Waals surface area contributed by atoms with Gasteiger partial charge in [0.05, 0.1) is 0 Å². The minimum atomic E-state index is -0.123. The summed E-state index contributed by atoms with van der Waals surface area (Å²) in [6.45, 7) is 3.08. The number of aryl methyl sites for hydroxylation is 1. The van der Waals surface area contributed by atoms with Crippen molar-refractivity contribution in [2.75, 3.05) is 6.54 Å². The largest absolute Gasteiger partial charge is 0.355 e. The quantitative estimate of drug-likeness (QED) is 0.578. The molecule has 2 aliphatic rings. The van der Waals surface area contributed by atoms with Gasteiger partial charge < -0.3 is 15.2 Å². The lowest BCUT2D eigenvalue weighted by Crippen LogP contribution is -2.46. The Morgan fingerprint density at radius 1 is 1.21 bits per heavy atom. The molecule has 2 fully saturated rings. The van der Waals surface area contributed by atoms with E-state index in [2.05, 4.69) is 20.8 Å². The van der Waals surface area contributed by atoms with Crippen LogP contribution in [0.4, 0.5) is 4.39 Å². The molecule has 2 saturated carbocycles. The molecule has 0 spiro atoms. The summed E-state index contributed by atoms with van der Waals surface area (Å²) in [5.74, 6) is 2.39. The molecule has 1 heterocycles. The van der Waals surface area contributed by atoms with Gasteiger partial charge in [0.15, 0.2) is 11.8 Å². The number of hydrogen-bond acceptors (Lipinski definition) is 3. The van der Waals surface area contributed by atoms with Crippen LogP contribution in [0, 0.1) is 12.7 Å². The summed E-state index contributed by atoms with van der Waals surface area (Å²) in [6, 6.07) is 7.59. The number of nitrogens with one attached hydrogen (secondary N) is 2. The highest BCUT2D eigenvalue weighted by molar-refractivity contribution is 5.80. The van der Waals surface area contributed by atoms with Crippen LogP contribution in [0.15, 0.2) is 29.3 Å². The monoisotopic (exact) mass is 398 g/mol. The van der Waals surface area contributed by atoms with Gasteiger partial charge in [-0.1, -0.05) is 37.5 Å². The van der Waals surface area contributed by atoms with E-state index in [4.69, 9.17) is 4.99 Å². The molecule has 1 aromatic carbocycles. The Bertz CT molecular complexity index is 864. The van der Waals surface area contributed by atoms with Gasteiger partial charge in [-0.25, -0.2) is 9.38 Å². The molecule has 156 valence electrons. The fourth-order valence-electron chi connectivity index (χ4n) is 4.17. The third-order valence-electron chi connectivity index (χ3n) is 6.40. The standard InChI is InChI=1S/C22H31FN6/c1-16-27-28-20(29(16)2)14-24-21(26-17-8-4-3-5-9-17)25-15-22(12-13-22)18-10-6-7-11-19(18)23/h6-7,10-11,17H,3-5,8-9,12-15H2,1-2H3,(H2,24,25,26). The molecular weight excluding hydrogens is 367 g/mol. The molecule has 0 atom stereocenters. The van der Waals surface area contributed by atoms with Gasteiger partial charge in [0.2, 0.25) is 0 Å². The third kappa shape index (κ3) is 4.60. The minimum Gasteiger partial charge on any atom is -0.355 e. The second kappa shape index (κ2) is 8.51. The third-order valence-corrected chi connectivity index (χ3v) is 6.40. The number of halogens is 1. The van der Waals surface area contributed by atoms with E-state index >= 15 is 0 Å². The Kier molecular flexibility index (Phi) is 5.83. The maximum Gasteiger partial charge on any atom is 0.191 e. The van der Waals surface area contributed by atoms with Crippen LogP contribution in [-0.4, -0.2) is 33.3 Å². The number of aliphatic imine (C=N–C) groups is 1. The summed E-state index contributed by atoms with van der Waals surface area (Å²) in [4.78, 5) is 4.79. The van der Waals surface area contributed by atoms with Crippen LogP contribution in [0.1, 0.15) is 62.2 Å². The molecule has 2 aliphatic carbocycles. The molecular formula is C22H31FN6. The number of nitrogens with zero attached hydrogens (tertiary/aromatic N) is 4. The second-order valence-corrected chi connectivity index (χ2v) is 8.48. The number of hydrogen-bond donors (Lipinski definition) is 2. The predicted octanol–water partition coefficient (Wildman–Crippen LogP) is 3.36. The molecule has 2 N–H and O–H groups in total. The van der Waals surface area contributed by atoms with Crippen molar-refractivity contribution >= 4 is 5.96 Å². The molecule has 2 aromatic rings. The summed E-state index contributed by atoms with van der Waals surface area (Å²) >= 11 is 0. The van der Waals surface area contributed by atoms with E-state index in [1.54, 1.807) is 12.1 Å². The van der Waals surface area contributed by atoms with Crippen molar-refractivity contribution in [2.24, 2.45) is 12.0 Å². The van der Waals surface area contributed by atoms with Crippen molar-refractivity contribution < 1.29 is 4.39 Å². The van der Waals surface area contributed by atoms with Crippen LogP contribution in [-0.2, 0) is 19.0 Å². The van der Waals surface area contributed by atoms with Gasteiger partial charge in [-0.2, -0.15) is 0 Å². The van der Waals surface area contributed by atoms with Crippen molar-refractivity contribution in [3.8, 4) is 0 Å². The van der Waals surface area contributed by atoms with Crippen LogP contribution in [0.5, 0.6) is 0 Å². The van der Waals surface area contributed by atoms with E-state index in [0.29, 0.717) is 19.1 Å². The van der Waals surface area contributed by atoms with Gasteiger partial charge >= 0.3 is 0 Å². The average Bonchev–Trinajstić information content (AvgIpc) is 3.46. The topological polar surface area (TPSA) is 67.1 Å². The van der Waals surface area contributed by atoms with Crippen molar-refractivity contribution in [3.63, 3.8) is 0 Å². The van der Waals surface area contributed by atoms with Gasteiger partial charge in [0.1, 0.15) is 18.2 Å². The van der Waals surface area contributed by atoms with Crippen LogP contribution < -0.4 is 10.6 Å². The van der Waals surface area contributed by atoms with E-state index in [1.165, 1.54) is 32.1 Å². The highest BCUT2D eigenvalue weighted by atomic mass is 19.1. The van der Waals surface area contributed by atoms with Crippen LogP contribution in [0.25, 0.3) is 0 Å². The Balaban J connectivity index is 1.46. The maximum absolute atomic E-state index is 14.3. The highest BCUT2D eigenvalue weighted by Crippen LogP contribution is 2.48. The van der Waals surface area contributed by atoms with Gasteiger partial charge in [0.25, 0.3) is 0 Å². The van der Waals surface area contributed by atoms with Crippen molar-refractivity contribution in [1.82, 2.24) is 25.4 Å². The van der Waals surface area contributed by atoms with Crippen LogP contribution in [0.2, 0.25) is 0 Å². The van der Waals surface area contributed by atoms with Gasteiger partial charge in [0, 0.05) is 25.0 Å². The van der Waals surface area contributed by atoms with Crippen LogP contribution >= 0.6 is 0 Å². The summed E-state index contributed by atoms with van der Waals surface area (Å²) in [5.41, 5.74) is 0.690. The summed E-state index contributed by atoms with van der Waals surface area (Å²) in [6.07, 6.45) is 8.16. The lowest BCUT2D eigenvalue weighted by Gasteiger charge is -2.26. The second-order valence-electron chi connectivity index (χ2n) is 8.48. The molecule has 0 bridgehead atoms. The molecule has 0 saturated heterocycles. The van der Waals surface area contributed by atoms with Crippen molar-refractivity contribution in [1.29, 1.82) is 0 Å². The molecule has 7 heteroatoms. The normalized spacial score (nSPS) is 19.2. The molecule has 1 aromatic heterocycles. The lowest BCUT2D eigenvalue weighted by atomic mass is 9.95. The predicted molar refractivity (Wildman–Crippen MR) is 112 cm³/mol. The lowest BCUT2D eigenvalue weighted by molar-refractivity contribution is 0.409. The first-order chi connectivity index (χ1) is 14.1. The number of benzene rings is 1. The average molecular weight is 399 g/mol. The summed E-state index contributed by atoms with van der Waals surface area (Å²) in [7, 11) is 1.96. The first-order valence-electron chi connectivity index (χ1n) is 10.7. The summed E-state index contributed by atoms with van der Waals surface area (Å²) in [5, 5.41) is 15.4. The maximum atomic E-state index is 14.3. The molecule has 4 rings (SSSR count). The fourth-order valence-corrected chi connectivity index (χ4v) is 4.17. The highest BCUT2D eigenvalue weighted by Gasteiger charge is 2.45. The number of aromatic nitrogens is 3. The summed E-state index contributed by atoms with van der Waals surface area (Å²) < 4.78 is 16.3. The smallest absolute Gasteiger partial charge is 0.191 e. The van der Waals surface area contributed by atoms with E-state index < -0.39 is 0 Å². The molecule has 0 aliphatic heterocycles. The van der Waals surface area contributed by atoms with Gasteiger partial charge in [-0.05, 0) is 44.2 Å². The van der Waals surface area contributed by atoms with Gasteiger partial charge in [-0.15, -0.1) is 10.2 Å². The van der Waals surface area contributed by atoms with E-state index in [1.807, 2.05) is 30.7 Å². The SMILES string of the molecule is Cc1nnc(CN=C(NCC2(c3ccccc3F)CC2)NC2CCCCC2)n1C. The first kappa shape index (κ1) is 19.9. The molecule has 0 unspecified atom stereocenters. The first-order valence-corrected chi connectivity index (χ1v) is 10.7. The Morgan fingerprint density at radius 3 is 2.62 bits per heavy atom. The molecule has 0 radical (unpaired) electrons. The zero-order valence-electron chi connectivity index (χ0n) is 17.4. The zero-order valence-corrected chi connectivity index (χ0v) is 17.4. The number of guanidine groups is 1. The van der Waals surface area contributed by atoms with E-state index in [0.717, 1.165) is 36.0 Å².